The third-order valence-electron chi connectivity index (χ3n) is 1.39. The van der Waals surface area contributed by atoms with Gasteiger partial charge in [0.2, 0.25) is 0 Å². The van der Waals surface area contributed by atoms with Gasteiger partial charge in [-0.05, 0) is 25.0 Å². The summed E-state index contributed by atoms with van der Waals surface area (Å²) in [6, 6.07) is 5.72. The van der Waals surface area contributed by atoms with Crippen molar-refractivity contribution >= 4 is 12.4 Å². The van der Waals surface area contributed by atoms with E-state index in [4.69, 9.17) is 4.74 Å². The van der Waals surface area contributed by atoms with Crippen LogP contribution in [0.1, 0.15) is 12.8 Å². The van der Waals surface area contributed by atoms with Gasteiger partial charge in [0.25, 0.3) is 0 Å². The molecule has 0 radical (unpaired) electrons. The lowest BCUT2D eigenvalue weighted by Crippen LogP contribution is -1.74. The van der Waals surface area contributed by atoms with Gasteiger partial charge in [-0.25, -0.2) is 0 Å². The summed E-state index contributed by atoms with van der Waals surface area (Å²) in [6.45, 7) is 2.00. The first kappa shape index (κ1) is 11.4. The molecule has 0 atom stereocenters. The number of nitrogens with zero attached hydrogens (tertiary/aromatic N) is 1. The number of ether oxygens (including phenoxy) is 1. The van der Waals surface area contributed by atoms with E-state index in [-0.39, 0.29) is 12.4 Å². The molecular formula is C9H14ClNO. The summed E-state index contributed by atoms with van der Waals surface area (Å²) in [5.74, 6) is 0. The van der Waals surface area contributed by atoms with E-state index in [1.807, 2.05) is 18.2 Å². The zero-order valence-corrected chi connectivity index (χ0v) is 7.80. The standard InChI is InChI=1S/C5H5N.C4H8O.ClH/c1-2-4-6-5-3-1;1-2-4-5-3-1;/h1-5H;1-4H2;1H. The highest BCUT2D eigenvalue weighted by Gasteiger charge is 1.94. The van der Waals surface area contributed by atoms with Gasteiger partial charge >= 0.3 is 0 Å². The van der Waals surface area contributed by atoms with Crippen LogP contribution < -0.4 is 0 Å². The fourth-order valence-electron chi connectivity index (χ4n) is 0.823. The van der Waals surface area contributed by atoms with E-state index in [9.17, 15) is 0 Å². The molecule has 0 bridgehead atoms. The van der Waals surface area contributed by atoms with Crippen LogP contribution in [0, 0.1) is 0 Å². The fraction of sp³-hybridized carbons (Fsp3) is 0.444. The van der Waals surface area contributed by atoms with Gasteiger partial charge in [0.05, 0.1) is 0 Å². The van der Waals surface area contributed by atoms with Crippen molar-refractivity contribution in [3.05, 3.63) is 30.6 Å². The first-order valence-corrected chi connectivity index (χ1v) is 3.93. The van der Waals surface area contributed by atoms with E-state index in [2.05, 4.69) is 4.98 Å². The molecule has 1 aliphatic rings. The summed E-state index contributed by atoms with van der Waals surface area (Å²) < 4.78 is 4.94. The molecular weight excluding hydrogens is 174 g/mol. The minimum absolute atomic E-state index is 0. The number of hydrogen-bond acceptors (Lipinski definition) is 2. The Labute approximate surface area is 79.4 Å². The number of aromatic nitrogens is 1. The molecule has 2 rings (SSSR count). The Hall–Kier alpha value is -0.600. The van der Waals surface area contributed by atoms with Gasteiger partial charge in [-0.15, -0.1) is 12.4 Å². The van der Waals surface area contributed by atoms with E-state index in [0.29, 0.717) is 0 Å². The van der Waals surface area contributed by atoms with Crippen LogP contribution in [0.2, 0.25) is 0 Å². The molecule has 1 saturated heterocycles. The Bertz CT molecular complexity index is 131. The van der Waals surface area contributed by atoms with E-state index < -0.39 is 0 Å². The largest absolute Gasteiger partial charge is 0.381 e. The monoisotopic (exact) mass is 187 g/mol. The van der Waals surface area contributed by atoms with Crippen molar-refractivity contribution in [1.29, 1.82) is 0 Å². The summed E-state index contributed by atoms with van der Waals surface area (Å²) in [4.78, 5) is 3.78. The Balaban J connectivity index is 0.000000189. The quantitative estimate of drug-likeness (QED) is 0.622. The molecule has 12 heavy (non-hydrogen) atoms. The highest BCUT2D eigenvalue weighted by Crippen LogP contribution is 1.98. The molecule has 1 aromatic heterocycles. The lowest BCUT2D eigenvalue weighted by molar-refractivity contribution is 0.198. The van der Waals surface area contributed by atoms with Gasteiger partial charge in [0.15, 0.2) is 0 Å². The number of pyridine rings is 1. The van der Waals surface area contributed by atoms with Gasteiger partial charge in [0.1, 0.15) is 0 Å². The van der Waals surface area contributed by atoms with Crippen LogP contribution >= 0.6 is 12.4 Å². The van der Waals surface area contributed by atoms with Crippen molar-refractivity contribution in [3.63, 3.8) is 0 Å². The molecule has 1 aliphatic heterocycles. The molecule has 0 N–H and O–H groups in total. The second-order valence-corrected chi connectivity index (χ2v) is 2.34. The zero-order valence-electron chi connectivity index (χ0n) is 6.98. The Morgan fingerprint density at radius 3 is 1.67 bits per heavy atom. The summed E-state index contributed by atoms with van der Waals surface area (Å²) in [7, 11) is 0. The smallest absolute Gasteiger partial charge is 0.0466 e. The topological polar surface area (TPSA) is 22.1 Å². The average molecular weight is 188 g/mol. The molecule has 0 unspecified atom stereocenters. The highest BCUT2D eigenvalue weighted by atomic mass is 35.5. The summed E-state index contributed by atoms with van der Waals surface area (Å²) in [6.07, 6.45) is 6.06. The van der Waals surface area contributed by atoms with Crippen molar-refractivity contribution in [2.45, 2.75) is 12.8 Å². The van der Waals surface area contributed by atoms with E-state index in [1.54, 1.807) is 12.4 Å². The van der Waals surface area contributed by atoms with E-state index in [1.165, 1.54) is 12.8 Å². The van der Waals surface area contributed by atoms with Crippen molar-refractivity contribution in [1.82, 2.24) is 4.98 Å². The molecule has 3 heteroatoms. The van der Waals surface area contributed by atoms with Gasteiger partial charge in [-0.2, -0.15) is 0 Å². The Kier molecular flexibility index (Phi) is 8.07. The van der Waals surface area contributed by atoms with Crippen LogP contribution in [0.25, 0.3) is 0 Å². The van der Waals surface area contributed by atoms with Gasteiger partial charge in [-0.3, -0.25) is 4.98 Å². The van der Waals surface area contributed by atoms with Crippen LogP contribution in [0.5, 0.6) is 0 Å². The third-order valence-corrected chi connectivity index (χ3v) is 1.39. The van der Waals surface area contributed by atoms with Gasteiger partial charge in [-0.1, -0.05) is 6.07 Å². The third kappa shape index (κ3) is 6.13. The predicted octanol–water partition coefficient (Wildman–Crippen LogP) is 2.30. The maximum absolute atomic E-state index is 4.94. The molecule has 0 spiro atoms. The Morgan fingerprint density at radius 2 is 1.50 bits per heavy atom. The normalized spacial score (nSPS) is 14.0. The van der Waals surface area contributed by atoms with Crippen LogP contribution in [0.15, 0.2) is 30.6 Å². The predicted molar refractivity (Wildman–Crippen MR) is 51.5 cm³/mol. The number of hydrogen-bond donors (Lipinski definition) is 0. The summed E-state index contributed by atoms with van der Waals surface area (Å²) in [5, 5.41) is 0. The minimum Gasteiger partial charge on any atom is -0.381 e. The van der Waals surface area contributed by atoms with E-state index >= 15 is 0 Å². The van der Waals surface area contributed by atoms with E-state index in [0.717, 1.165) is 13.2 Å². The number of rotatable bonds is 0. The highest BCUT2D eigenvalue weighted by molar-refractivity contribution is 5.85. The molecule has 2 heterocycles. The number of halogens is 1. The van der Waals surface area contributed by atoms with Crippen LogP contribution in [-0.2, 0) is 4.74 Å². The molecule has 2 nitrogen and oxygen atoms in total. The lowest BCUT2D eigenvalue weighted by Gasteiger charge is -1.76. The first-order valence-electron chi connectivity index (χ1n) is 3.93. The minimum atomic E-state index is 0. The fourth-order valence-corrected chi connectivity index (χ4v) is 0.823. The second kappa shape index (κ2) is 8.50. The summed E-state index contributed by atoms with van der Waals surface area (Å²) in [5.41, 5.74) is 0. The van der Waals surface area contributed by atoms with Crippen LogP contribution in [0.4, 0.5) is 0 Å². The molecule has 0 amide bonds. The average Bonchev–Trinajstić information content (AvgIpc) is 2.64. The maximum Gasteiger partial charge on any atom is 0.0466 e. The van der Waals surface area contributed by atoms with Crippen molar-refractivity contribution in [2.24, 2.45) is 0 Å². The van der Waals surface area contributed by atoms with Crippen molar-refractivity contribution < 1.29 is 4.74 Å². The lowest BCUT2D eigenvalue weighted by atomic mass is 10.4. The molecule has 1 aromatic rings. The van der Waals surface area contributed by atoms with Crippen molar-refractivity contribution in [2.75, 3.05) is 13.2 Å². The maximum atomic E-state index is 4.94. The zero-order chi connectivity index (χ0) is 7.78. The van der Waals surface area contributed by atoms with Gasteiger partial charge in [0, 0.05) is 25.6 Å². The first-order chi connectivity index (χ1) is 5.50. The Morgan fingerprint density at radius 1 is 0.917 bits per heavy atom. The van der Waals surface area contributed by atoms with Gasteiger partial charge < -0.3 is 4.74 Å². The molecule has 0 aromatic carbocycles. The second-order valence-electron chi connectivity index (χ2n) is 2.34. The van der Waals surface area contributed by atoms with Crippen LogP contribution in [0.3, 0.4) is 0 Å². The summed E-state index contributed by atoms with van der Waals surface area (Å²) >= 11 is 0. The molecule has 0 saturated carbocycles. The molecule has 1 fully saturated rings. The van der Waals surface area contributed by atoms with Crippen molar-refractivity contribution in [3.8, 4) is 0 Å². The molecule has 68 valence electrons. The molecule has 0 aliphatic carbocycles. The van der Waals surface area contributed by atoms with Crippen LogP contribution in [-0.4, -0.2) is 18.2 Å². The SMILES string of the molecule is C1CCOC1.Cl.c1ccncc1.